The van der Waals surface area contributed by atoms with E-state index in [2.05, 4.69) is 28.5 Å². The fourth-order valence-electron chi connectivity index (χ4n) is 3.51. The first-order valence-corrected chi connectivity index (χ1v) is 9.40. The molecule has 29 heavy (non-hydrogen) atoms. The molecule has 3 N–H and O–H groups in total. The van der Waals surface area contributed by atoms with Crippen LogP contribution in [0.3, 0.4) is 0 Å². The Labute approximate surface area is 169 Å². The van der Waals surface area contributed by atoms with Crippen LogP contribution < -0.4 is 5.32 Å². The third-order valence-electron chi connectivity index (χ3n) is 4.73. The molecule has 1 aromatic heterocycles. The molecular formula is C24H22N2O3. The molecule has 4 aromatic rings. The summed E-state index contributed by atoms with van der Waals surface area (Å²) >= 11 is 0. The van der Waals surface area contributed by atoms with Crippen LogP contribution in [-0.2, 0) is 11.3 Å². The highest BCUT2D eigenvalue weighted by Gasteiger charge is 2.17. The fraction of sp³-hybridized carbons (Fsp3) is 0.125. The van der Waals surface area contributed by atoms with Gasteiger partial charge in [-0.2, -0.15) is 0 Å². The van der Waals surface area contributed by atoms with E-state index in [4.69, 9.17) is 4.74 Å². The van der Waals surface area contributed by atoms with Gasteiger partial charge in [-0.05, 0) is 49.7 Å². The van der Waals surface area contributed by atoms with E-state index >= 15 is 0 Å². The van der Waals surface area contributed by atoms with Crippen molar-refractivity contribution in [1.82, 2.24) is 4.98 Å². The second kappa shape index (κ2) is 7.72. The number of aromatic hydroxyl groups is 1. The van der Waals surface area contributed by atoms with Gasteiger partial charge in [-0.15, -0.1) is 0 Å². The molecule has 146 valence electrons. The summed E-state index contributed by atoms with van der Waals surface area (Å²) in [6.07, 6.45) is -0.552. The zero-order valence-electron chi connectivity index (χ0n) is 16.3. The molecule has 0 saturated carbocycles. The Morgan fingerprint density at radius 1 is 1.00 bits per heavy atom. The number of anilines is 1. The number of phenolic OH excluding ortho intramolecular Hbond substituents is 1. The van der Waals surface area contributed by atoms with E-state index in [9.17, 15) is 9.90 Å². The number of carbonyl (C=O) groups is 1. The summed E-state index contributed by atoms with van der Waals surface area (Å²) in [6.45, 7) is 4.25. The molecule has 0 atom stereocenters. The highest BCUT2D eigenvalue weighted by molar-refractivity contribution is 6.07. The van der Waals surface area contributed by atoms with Crippen LogP contribution in [0.1, 0.15) is 16.7 Å². The number of hydrogen-bond donors (Lipinski definition) is 3. The van der Waals surface area contributed by atoms with Gasteiger partial charge in [-0.1, -0.05) is 47.5 Å². The lowest BCUT2D eigenvalue weighted by atomic mass is 10.0. The van der Waals surface area contributed by atoms with Gasteiger partial charge in [-0.3, -0.25) is 5.32 Å². The Morgan fingerprint density at radius 2 is 1.72 bits per heavy atom. The number of benzene rings is 3. The maximum atomic E-state index is 12.5. The first kappa shape index (κ1) is 18.6. The molecular weight excluding hydrogens is 364 g/mol. The van der Waals surface area contributed by atoms with Crippen LogP contribution in [0.4, 0.5) is 10.5 Å². The van der Waals surface area contributed by atoms with Crippen molar-refractivity contribution in [3.05, 3.63) is 83.4 Å². The number of hydrogen-bond acceptors (Lipinski definition) is 3. The van der Waals surface area contributed by atoms with E-state index in [-0.39, 0.29) is 12.4 Å². The molecule has 5 heteroatoms. The van der Waals surface area contributed by atoms with Crippen molar-refractivity contribution in [1.29, 1.82) is 0 Å². The van der Waals surface area contributed by atoms with Crippen LogP contribution in [0, 0.1) is 13.8 Å². The van der Waals surface area contributed by atoms with Crippen LogP contribution in [0.25, 0.3) is 22.2 Å². The minimum absolute atomic E-state index is 0.129. The van der Waals surface area contributed by atoms with Crippen molar-refractivity contribution in [3.63, 3.8) is 0 Å². The predicted octanol–water partition coefficient (Wildman–Crippen LogP) is 5.91. The largest absolute Gasteiger partial charge is 0.508 e. The van der Waals surface area contributed by atoms with E-state index in [0.717, 1.165) is 38.9 Å². The van der Waals surface area contributed by atoms with Crippen molar-refractivity contribution in [3.8, 4) is 17.0 Å². The highest BCUT2D eigenvalue weighted by Crippen LogP contribution is 2.37. The SMILES string of the molecule is Cc1cc(C)cc(-c2[nH]c3ccc(O)cc3c2NC(=O)OCc2ccccc2)c1. The molecule has 1 amide bonds. The Bertz CT molecular complexity index is 1160. The summed E-state index contributed by atoms with van der Waals surface area (Å²) in [4.78, 5) is 15.9. The summed E-state index contributed by atoms with van der Waals surface area (Å²) in [7, 11) is 0. The molecule has 0 saturated heterocycles. The Morgan fingerprint density at radius 3 is 2.45 bits per heavy atom. The second-order valence-corrected chi connectivity index (χ2v) is 7.17. The molecule has 0 aliphatic heterocycles. The summed E-state index contributed by atoms with van der Waals surface area (Å²) in [5.41, 5.74) is 6.28. The van der Waals surface area contributed by atoms with Gasteiger partial charge in [0.05, 0.1) is 11.4 Å². The molecule has 3 aromatic carbocycles. The van der Waals surface area contributed by atoms with Crippen LogP contribution in [0.5, 0.6) is 5.75 Å². The molecule has 1 heterocycles. The second-order valence-electron chi connectivity index (χ2n) is 7.17. The normalized spacial score (nSPS) is 10.8. The summed E-state index contributed by atoms with van der Waals surface area (Å²) < 4.78 is 5.39. The average Bonchev–Trinajstić information content (AvgIpc) is 3.04. The lowest BCUT2D eigenvalue weighted by Gasteiger charge is -2.10. The predicted molar refractivity (Wildman–Crippen MR) is 115 cm³/mol. The van der Waals surface area contributed by atoms with Gasteiger partial charge in [0.1, 0.15) is 12.4 Å². The average molecular weight is 386 g/mol. The first-order chi connectivity index (χ1) is 14.0. The Hall–Kier alpha value is -3.73. The molecule has 5 nitrogen and oxygen atoms in total. The zero-order valence-corrected chi connectivity index (χ0v) is 16.3. The van der Waals surface area contributed by atoms with E-state index in [0.29, 0.717) is 5.69 Å². The molecule has 0 radical (unpaired) electrons. The molecule has 4 rings (SSSR count). The van der Waals surface area contributed by atoms with Crippen molar-refractivity contribution in [2.75, 3.05) is 5.32 Å². The third kappa shape index (κ3) is 4.09. The van der Waals surface area contributed by atoms with Crippen molar-refractivity contribution < 1.29 is 14.6 Å². The van der Waals surface area contributed by atoms with Crippen LogP contribution in [-0.4, -0.2) is 16.2 Å². The molecule has 0 fully saturated rings. The number of aryl methyl sites for hydroxylation is 2. The van der Waals surface area contributed by atoms with Crippen molar-refractivity contribution >= 4 is 22.7 Å². The summed E-state index contributed by atoms with van der Waals surface area (Å²) in [5, 5.41) is 13.5. The van der Waals surface area contributed by atoms with Crippen molar-refractivity contribution in [2.45, 2.75) is 20.5 Å². The highest BCUT2D eigenvalue weighted by atomic mass is 16.5. The molecule has 0 aliphatic rings. The standard InChI is InChI=1S/C24H22N2O3/c1-15-10-16(2)12-18(11-15)22-23(20-13-19(27)8-9-21(20)25-22)26-24(28)29-14-17-6-4-3-5-7-17/h3-13,25,27H,14H2,1-2H3,(H,26,28). The minimum atomic E-state index is -0.552. The van der Waals surface area contributed by atoms with Gasteiger partial charge in [0.2, 0.25) is 0 Å². The summed E-state index contributed by atoms with van der Waals surface area (Å²) in [6, 6.07) is 20.8. The number of carbonyl (C=O) groups excluding carboxylic acids is 1. The zero-order chi connectivity index (χ0) is 20.4. The summed E-state index contributed by atoms with van der Waals surface area (Å²) in [5.74, 6) is 0.129. The Kier molecular flexibility index (Phi) is 4.96. The smallest absolute Gasteiger partial charge is 0.412 e. The quantitative estimate of drug-likeness (QED) is 0.408. The van der Waals surface area contributed by atoms with E-state index in [1.54, 1.807) is 18.2 Å². The van der Waals surface area contributed by atoms with Crippen LogP contribution in [0.2, 0.25) is 0 Å². The third-order valence-corrected chi connectivity index (χ3v) is 4.73. The van der Waals surface area contributed by atoms with E-state index < -0.39 is 6.09 Å². The number of fused-ring (bicyclic) bond motifs is 1. The minimum Gasteiger partial charge on any atom is -0.508 e. The van der Waals surface area contributed by atoms with E-state index in [1.807, 2.05) is 44.2 Å². The number of aromatic nitrogens is 1. The van der Waals surface area contributed by atoms with Gasteiger partial charge in [0.25, 0.3) is 0 Å². The number of rotatable bonds is 4. The number of phenols is 1. The maximum absolute atomic E-state index is 12.5. The molecule has 0 spiro atoms. The number of amides is 1. The van der Waals surface area contributed by atoms with Gasteiger partial charge in [0.15, 0.2) is 0 Å². The molecule has 0 unspecified atom stereocenters. The van der Waals surface area contributed by atoms with Gasteiger partial charge in [0, 0.05) is 16.5 Å². The van der Waals surface area contributed by atoms with E-state index in [1.165, 1.54) is 0 Å². The lowest BCUT2D eigenvalue weighted by molar-refractivity contribution is 0.155. The fourth-order valence-corrected chi connectivity index (χ4v) is 3.51. The molecule has 0 bridgehead atoms. The number of aromatic amines is 1. The topological polar surface area (TPSA) is 74.4 Å². The van der Waals surface area contributed by atoms with Crippen LogP contribution >= 0.6 is 0 Å². The Balaban J connectivity index is 1.69. The number of H-pyrrole nitrogens is 1. The number of nitrogens with one attached hydrogen (secondary N) is 2. The first-order valence-electron chi connectivity index (χ1n) is 9.40. The monoisotopic (exact) mass is 386 g/mol. The lowest BCUT2D eigenvalue weighted by Crippen LogP contribution is -2.14. The van der Waals surface area contributed by atoms with Crippen molar-refractivity contribution in [2.24, 2.45) is 0 Å². The maximum Gasteiger partial charge on any atom is 0.412 e. The van der Waals surface area contributed by atoms with Gasteiger partial charge >= 0.3 is 6.09 Å². The molecule has 0 aliphatic carbocycles. The number of ether oxygens (including phenoxy) is 1. The van der Waals surface area contributed by atoms with Gasteiger partial charge in [-0.25, -0.2) is 4.79 Å². The van der Waals surface area contributed by atoms with Crippen LogP contribution in [0.15, 0.2) is 66.7 Å². The van der Waals surface area contributed by atoms with Gasteiger partial charge < -0.3 is 14.8 Å².